The SMILES string of the molecule is Cn1nc(C2(NC(=O)c3ccccc3)C=CC(C(N)=O)=CC2)sc1=Nc1cccc(O)c1. The molecule has 0 aliphatic heterocycles. The normalized spacial score (nSPS) is 18.3. The Morgan fingerprint density at radius 1 is 1.22 bits per heavy atom. The van der Waals surface area contributed by atoms with E-state index in [1.54, 1.807) is 78.5 Å². The first kappa shape index (κ1) is 21.3. The van der Waals surface area contributed by atoms with Gasteiger partial charge in [-0.2, -0.15) is 5.10 Å². The molecule has 1 heterocycles. The average molecular weight is 448 g/mol. The third-order valence-electron chi connectivity index (χ3n) is 4.99. The first-order valence-corrected chi connectivity index (χ1v) is 10.6. The number of phenols is 1. The van der Waals surface area contributed by atoms with Crippen LogP contribution in [0, 0.1) is 0 Å². The predicted octanol–water partition coefficient (Wildman–Crippen LogP) is 2.42. The van der Waals surface area contributed by atoms with Gasteiger partial charge in [0.05, 0.1) is 5.69 Å². The van der Waals surface area contributed by atoms with Gasteiger partial charge >= 0.3 is 0 Å². The molecule has 2 amide bonds. The largest absolute Gasteiger partial charge is 0.508 e. The van der Waals surface area contributed by atoms with Gasteiger partial charge in [0.1, 0.15) is 16.3 Å². The van der Waals surface area contributed by atoms with Crippen molar-refractivity contribution in [2.45, 2.75) is 12.0 Å². The zero-order chi connectivity index (χ0) is 22.7. The van der Waals surface area contributed by atoms with E-state index >= 15 is 0 Å². The molecule has 4 rings (SSSR count). The van der Waals surface area contributed by atoms with Gasteiger partial charge in [-0.05, 0) is 30.7 Å². The van der Waals surface area contributed by atoms with Gasteiger partial charge in [-0.15, -0.1) is 0 Å². The predicted molar refractivity (Wildman–Crippen MR) is 121 cm³/mol. The van der Waals surface area contributed by atoms with Gasteiger partial charge in [-0.25, -0.2) is 9.67 Å². The maximum Gasteiger partial charge on any atom is 0.252 e. The van der Waals surface area contributed by atoms with E-state index in [1.165, 1.54) is 11.3 Å². The molecule has 1 aliphatic carbocycles. The van der Waals surface area contributed by atoms with Crippen molar-refractivity contribution in [1.82, 2.24) is 15.1 Å². The van der Waals surface area contributed by atoms with Gasteiger partial charge in [-0.3, -0.25) is 9.59 Å². The summed E-state index contributed by atoms with van der Waals surface area (Å²) in [5, 5.41) is 18.0. The van der Waals surface area contributed by atoms with Crippen LogP contribution in [0.15, 0.2) is 83.4 Å². The second kappa shape index (κ2) is 8.64. The topological polar surface area (TPSA) is 123 Å². The van der Waals surface area contributed by atoms with Gasteiger partial charge in [0.15, 0.2) is 0 Å². The number of nitrogens with zero attached hydrogens (tertiary/aromatic N) is 3. The second-order valence-electron chi connectivity index (χ2n) is 7.30. The Hall–Kier alpha value is -3.98. The van der Waals surface area contributed by atoms with Crippen LogP contribution in [0.4, 0.5) is 5.69 Å². The number of aromatic nitrogens is 2. The fourth-order valence-corrected chi connectivity index (χ4v) is 4.34. The van der Waals surface area contributed by atoms with Crippen molar-refractivity contribution in [1.29, 1.82) is 0 Å². The van der Waals surface area contributed by atoms with Crippen molar-refractivity contribution >= 4 is 28.8 Å². The van der Waals surface area contributed by atoms with Crippen molar-refractivity contribution in [2.75, 3.05) is 0 Å². The third-order valence-corrected chi connectivity index (χ3v) is 6.17. The van der Waals surface area contributed by atoms with Crippen molar-refractivity contribution in [3.8, 4) is 5.75 Å². The van der Waals surface area contributed by atoms with Crippen LogP contribution in [0.3, 0.4) is 0 Å². The molecule has 0 saturated heterocycles. The number of phenolic OH excluding ortho intramolecular Hbond substituents is 1. The maximum atomic E-state index is 13.0. The lowest BCUT2D eigenvalue weighted by atomic mass is 9.88. The van der Waals surface area contributed by atoms with E-state index in [-0.39, 0.29) is 11.7 Å². The highest BCUT2D eigenvalue weighted by Gasteiger charge is 2.36. The molecule has 1 atom stereocenters. The molecule has 1 unspecified atom stereocenters. The summed E-state index contributed by atoms with van der Waals surface area (Å²) in [6.07, 6.45) is 5.34. The highest BCUT2D eigenvalue weighted by atomic mass is 32.1. The zero-order valence-electron chi connectivity index (χ0n) is 17.2. The van der Waals surface area contributed by atoms with Crippen molar-refractivity contribution in [3.63, 3.8) is 0 Å². The number of aryl methyl sites for hydroxylation is 1. The summed E-state index contributed by atoms with van der Waals surface area (Å²) in [6, 6.07) is 15.5. The number of primary amides is 1. The molecule has 162 valence electrons. The summed E-state index contributed by atoms with van der Waals surface area (Å²) < 4.78 is 1.61. The van der Waals surface area contributed by atoms with E-state index in [9.17, 15) is 14.7 Å². The Labute approximate surface area is 188 Å². The standard InChI is InChI=1S/C23H21N5O3S/c1-28-22(25-17-8-5-9-18(29)14-17)32-21(27-28)23(12-10-15(11-13-23)19(24)30)26-20(31)16-6-3-2-4-7-16/h2-12,14,29H,13H2,1H3,(H2,24,30)(H,26,31). The molecule has 2 aromatic carbocycles. The second-order valence-corrected chi connectivity index (χ2v) is 8.25. The molecule has 1 aromatic heterocycles. The lowest BCUT2D eigenvalue weighted by molar-refractivity contribution is -0.114. The van der Waals surface area contributed by atoms with Gasteiger partial charge in [-0.1, -0.05) is 53.8 Å². The molecule has 4 N–H and O–H groups in total. The van der Waals surface area contributed by atoms with E-state index in [2.05, 4.69) is 15.4 Å². The van der Waals surface area contributed by atoms with Gasteiger partial charge in [0, 0.05) is 24.3 Å². The molecule has 0 fully saturated rings. The van der Waals surface area contributed by atoms with E-state index in [0.717, 1.165) is 0 Å². The minimum absolute atomic E-state index is 0.115. The molecule has 0 radical (unpaired) electrons. The molecule has 0 spiro atoms. The van der Waals surface area contributed by atoms with Crippen LogP contribution in [0.25, 0.3) is 0 Å². The van der Waals surface area contributed by atoms with Crippen LogP contribution in [-0.2, 0) is 17.4 Å². The molecular weight excluding hydrogens is 426 g/mol. The van der Waals surface area contributed by atoms with Crippen molar-refractivity contribution in [3.05, 3.63) is 93.8 Å². The molecule has 32 heavy (non-hydrogen) atoms. The summed E-state index contributed by atoms with van der Waals surface area (Å²) in [4.78, 5) is 29.7. The first-order chi connectivity index (χ1) is 15.4. The summed E-state index contributed by atoms with van der Waals surface area (Å²) in [7, 11) is 1.76. The van der Waals surface area contributed by atoms with E-state index in [1.807, 2.05) is 6.07 Å². The van der Waals surface area contributed by atoms with Crippen molar-refractivity contribution < 1.29 is 14.7 Å². The minimum atomic E-state index is -0.971. The van der Waals surface area contributed by atoms with Gasteiger partial charge in [0.25, 0.3) is 5.91 Å². The lowest BCUT2D eigenvalue weighted by Crippen LogP contribution is -2.45. The molecule has 0 saturated carbocycles. The number of rotatable bonds is 5. The number of hydrogen-bond acceptors (Lipinski definition) is 6. The monoisotopic (exact) mass is 447 g/mol. The Kier molecular flexibility index (Phi) is 5.74. The molecule has 3 aromatic rings. The van der Waals surface area contributed by atoms with Crippen LogP contribution in [0.2, 0.25) is 0 Å². The Morgan fingerprint density at radius 3 is 2.66 bits per heavy atom. The van der Waals surface area contributed by atoms with E-state index in [0.29, 0.717) is 33.1 Å². The first-order valence-electron chi connectivity index (χ1n) is 9.81. The Bertz CT molecular complexity index is 1310. The Morgan fingerprint density at radius 2 is 2.00 bits per heavy atom. The molecule has 9 heteroatoms. The number of aromatic hydroxyl groups is 1. The number of benzene rings is 2. The van der Waals surface area contributed by atoms with Crippen molar-refractivity contribution in [2.24, 2.45) is 17.8 Å². The number of amides is 2. The fourth-order valence-electron chi connectivity index (χ4n) is 3.29. The summed E-state index contributed by atoms with van der Waals surface area (Å²) in [6.45, 7) is 0. The van der Waals surface area contributed by atoms with Crippen LogP contribution in [-0.4, -0.2) is 26.7 Å². The summed E-state index contributed by atoms with van der Waals surface area (Å²) in [5.41, 5.74) is 5.91. The van der Waals surface area contributed by atoms with Crippen LogP contribution in [0.1, 0.15) is 21.8 Å². The smallest absolute Gasteiger partial charge is 0.252 e. The number of carbonyl (C=O) groups is 2. The highest BCUT2D eigenvalue weighted by molar-refractivity contribution is 7.09. The molecule has 0 bridgehead atoms. The summed E-state index contributed by atoms with van der Waals surface area (Å²) >= 11 is 1.30. The number of hydrogen-bond donors (Lipinski definition) is 3. The summed E-state index contributed by atoms with van der Waals surface area (Å²) in [5.74, 6) is -0.687. The highest BCUT2D eigenvalue weighted by Crippen LogP contribution is 2.32. The van der Waals surface area contributed by atoms with Crippen LogP contribution < -0.4 is 15.9 Å². The molecular formula is C23H21N5O3S. The number of nitrogens with one attached hydrogen (secondary N) is 1. The van der Waals surface area contributed by atoms with E-state index in [4.69, 9.17) is 5.73 Å². The maximum absolute atomic E-state index is 13.0. The quantitative estimate of drug-likeness (QED) is 0.556. The third kappa shape index (κ3) is 4.37. The zero-order valence-corrected chi connectivity index (χ0v) is 18.0. The van der Waals surface area contributed by atoms with Gasteiger partial charge in [0.2, 0.25) is 10.7 Å². The molecule has 8 nitrogen and oxygen atoms in total. The average Bonchev–Trinajstić information content (AvgIpc) is 3.15. The number of nitrogens with two attached hydrogens (primary N) is 1. The van der Waals surface area contributed by atoms with Crippen LogP contribution in [0.5, 0.6) is 5.75 Å². The van der Waals surface area contributed by atoms with Crippen LogP contribution >= 0.6 is 11.3 Å². The Balaban J connectivity index is 1.75. The molecule has 1 aliphatic rings. The fraction of sp³-hybridized carbons (Fsp3) is 0.130. The minimum Gasteiger partial charge on any atom is -0.508 e. The lowest BCUT2D eigenvalue weighted by Gasteiger charge is -2.31. The number of carbonyl (C=O) groups excluding carboxylic acids is 2. The van der Waals surface area contributed by atoms with E-state index < -0.39 is 11.4 Å². The van der Waals surface area contributed by atoms with Gasteiger partial charge < -0.3 is 16.2 Å².